The van der Waals surface area contributed by atoms with Gasteiger partial charge < -0.3 is 10.1 Å². The standard InChI is InChI=1S/C12H13Cl2NO3/c1-7(12(17)18-2)15-11(16)6-8-9(13)4-3-5-10(8)14/h3-5,7H,6H2,1-2H3,(H,15,16). The van der Waals surface area contributed by atoms with Crippen LogP contribution < -0.4 is 5.32 Å². The van der Waals surface area contributed by atoms with Gasteiger partial charge in [0.2, 0.25) is 5.91 Å². The second-order valence-electron chi connectivity index (χ2n) is 3.69. The lowest BCUT2D eigenvalue weighted by atomic mass is 10.1. The predicted octanol–water partition coefficient (Wildman–Crippen LogP) is 2.21. The number of esters is 1. The first-order valence-electron chi connectivity index (χ1n) is 5.25. The van der Waals surface area contributed by atoms with Gasteiger partial charge in [-0.3, -0.25) is 4.79 Å². The first-order chi connectivity index (χ1) is 8.45. The van der Waals surface area contributed by atoms with E-state index in [4.69, 9.17) is 23.2 Å². The molecule has 1 atom stereocenters. The minimum Gasteiger partial charge on any atom is -0.467 e. The van der Waals surface area contributed by atoms with Gasteiger partial charge in [-0.25, -0.2) is 4.79 Å². The van der Waals surface area contributed by atoms with Crippen LogP contribution in [0.4, 0.5) is 0 Å². The lowest BCUT2D eigenvalue weighted by Crippen LogP contribution is -2.39. The molecule has 98 valence electrons. The van der Waals surface area contributed by atoms with E-state index in [9.17, 15) is 9.59 Å². The second kappa shape index (κ2) is 6.61. The van der Waals surface area contributed by atoms with E-state index in [0.29, 0.717) is 15.6 Å². The Labute approximate surface area is 115 Å². The number of halogens is 2. The molecule has 0 spiro atoms. The monoisotopic (exact) mass is 289 g/mol. The molecule has 0 aliphatic heterocycles. The van der Waals surface area contributed by atoms with Gasteiger partial charge in [0.05, 0.1) is 13.5 Å². The summed E-state index contributed by atoms with van der Waals surface area (Å²) in [4.78, 5) is 22.9. The van der Waals surface area contributed by atoms with Crippen molar-refractivity contribution in [2.24, 2.45) is 0 Å². The van der Waals surface area contributed by atoms with Gasteiger partial charge in [-0.15, -0.1) is 0 Å². The molecular formula is C12H13Cl2NO3. The number of rotatable bonds is 4. The second-order valence-corrected chi connectivity index (χ2v) is 4.50. The molecular weight excluding hydrogens is 277 g/mol. The summed E-state index contributed by atoms with van der Waals surface area (Å²) in [6, 6.07) is 4.30. The maximum atomic E-state index is 11.7. The first kappa shape index (κ1) is 14.8. The Morgan fingerprint density at radius 3 is 2.39 bits per heavy atom. The van der Waals surface area contributed by atoms with Gasteiger partial charge in [0.15, 0.2) is 0 Å². The molecule has 1 rings (SSSR count). The molecule has 0 bridgehead atoms. The molecule has 0 saturated heterocycles. The van der Waals surface area contributed by atoms with Crippen molar-refractivity contribution in [2.75, 3.05) is 7.11 Å². The van der Waals surface area contributed by atoms with Crippen molar-refractivity contribution in [3.63, 3.8) is 0 Å². The highest BCUT2D eigenvalue weighted by molar-refractivity contribution is 6.36. The maximum Gasteiger partial charge on any atom is 0.328 e. The highest BCUT2D eigenvalue weighted by atomic mass is 35.5. The molecule has 4 nitrogen and oxygen atoms in total. The highest BCUT2D eigenvalue weighted by Gasteiger charge is 2.17. The summed E-state index contributed by atoms with van der Waals surface area (Å²) in [5, 5.41) is 3.34. The lowest BCUT2D eigenvalue weighted by Gasteiger charge is -2.12. The zero-order valence-electron chi connectivity index (χ0n) is 10.00. The van der Waals surface area contributed by atoms with Crippen molar-refractivity contribution in [2.45, 2.75) is 19.4 Å². The van der Waals surface area contributed by atoms with Crippen molar-refractivity contribution in [3.05, 3.63) is 33.8 Å². The smallest absolute Gasteiger partial charge is 0.328 e. The van der Waals surface area contributed by atoms with Gasteiger partial charge in [0.1, 0.15) is 6.04 Å². The van der Waals surface area contributed by atoms with E-state index in [2.05, 4.69) is 10.1 Å². The summed E-state index contributed by atoms with van der Waals surface area (Å²) >= 11 is 11.9. The Morgan fingerprint density at radius 1 is 1.33 bits per heavy atom. The number of ether oxygens (including phenoxy) is 1. The summed E-state index contributed by atoms with van der Waals surface area (Å²) < 4.78 is 4.50. The van der Waals surface area contributed by atoms with Gasteiger partial charge in [-0.2, -0.15) is 0 Å². The van der Waals surface area contributed by atoms with E-state index in [0.717, 1.165) is 0 Å². The van der Waals surface area contributed by atoms with E-state index < -0.39 is 12.0 Å². The molecule has 0 heterocycles. The van der Waals surface area contributed by atoms with E-state index >= 15 is 0 Å². The van der Waals surface area contributed by atoms with E-state index in [1.54, 1.807) is 18.2 Å². The number of carbonyl (C=O) groups is 2. The third-order valence-corrected chi connectivity index (χ3v) is 3.04. The highest BCUT2D eigenvalue weighted by Crippen LogP contribution is 2.24. The summed E-state index contributed by atoms with van der Waals surface area (Å²) in [5.74, 6) is -0.850. The van der Waals surface area contributed by atoms with Crippen molar-refractivity contribution in [1.82, 2.24) is 5.32 Å². The van der Waals surface area contributed by atoms with Crippen LogP contribution in [0.15, 0.2) is 18.2 Å². The molecule has 0 saturated carbocycles. The number of hydrogen-bond donors (Lipinski definition) is 1. The molecule has 1 amide bonds. The molecule has 1 aromatic carbocycles. The maximum absolute atomic E-state index is 11.7. The Hall–Kier alpha value is -1.26. The summed E-state index contributed by atoms with van der Waals surface area (Å²) in [5.41, 5.74) is 0.537. The Bertz CT molecular complexity index is 442. The molecule has 0 fully saturated rings. The molecule has 0 aliphatic carbocycles. The molecule has 1 N–H and O–H groups in total. The fraction of sp³-hybridized carbons (Fsp3) is 0.333. The fourth-order valence-electron chi connectivity index (χ4n) is 1.39. The minimum absolute atomic E-state index is 0.0137. The fourth-order valence-corrected chi connectivity index (χ4v) is 1.92. The zero-order chi connectivity index (χ0) is 13.7. The largest absolute Gasteiger partial charge is 0.467 e. The molecule has 0 radical (unpaired) electrons. The number of carbonyl (C=O) groups excluding carboxylic acids is 2. The van der Waals surface area contributed by atoms with Gasteiger partial charge in [-0.05, 0) is 24.6 Å². The number of methoxy groups -OCH3 is 1. The summed E-state index contributed by atoms with van der Waals surface area (Å²) in [6.07, 6.45) is 0.0137. The number of amides is 1. The number of benzene rings is 1. The van der Waals surface area contributed by atoms with E-state index in [1.165, 1.54) is 14.0 Å². The lowest BCUT2D eigenvalue weighted by molar-refractivity contribution is -0.144. The van der Waals surface area contributed by atoms with Crippen LogP contribution in [-0.2, 0) is 20.7 Å². The molecule has 1 aromatic rings. The van der Waals surface area contributed by atoms with E-state index in [1.807, 2.05) is 0 Å². The first-order valence-corrected chi connectivity index (χ1v) is 6.01. The van der Waals surface area contributed by atoms with Crippen LogP contribution in [0.1, 0.15) is 12.5 Å². The third kappa shape index (κ3) is 3.89. The average molecular weight is 290 g/mol. The van der Waals surface area contributed by atoms with E-state index in [-0.39, 0.29) is 12.3 Å². The molecule has 1 unspecified atom stereocenters. The van der Waals surface area contributed by atoms with Gasteiger partial charge in [0.25, 0.3) is 0 Å². The van der Waals surface area contributed by atoms with Crippen LogP contribution in [0.25, 0.3) is 0 Å². The summed E-state index contributed by atoms with van der Waals surface area (Å²) in [6.45, 7) is 1.54. The van der Waals surface area contributed by atoms with Crippen LogP contribution >= 0.6 is 23.2 Å². The molecule has 6 heteroatoms. The topological polar surface area (TPSA) is 55.4 Å². The Balaban J connectivity index is 2.68. The number of hydrogen-bond acceptors (Lipinski definition) is 3. The van der Waals surface area contributed by atoms with Gasteiger partial charge in [0, 0.05) is 10.0 Å². The molecule has 18 heavy (non-hydrogen) atoms. The van der Waals surface area contributed by atoms with Crippen molar-refractivity contribution >= 4 is 35.1 Å². The van der Waals surface area contributed by atoms with Gasteiger partial charge in [-0.1, -0.05) is 29.3 Å². The summed E-state index contributed by atoms with van der Waals surface area (Å²) in [7, 11) is 1.26. The van der Waals surface area contributed by atoms with Crippen molar-refractivity contribution in [3.8, 4) is 0 Å². The number of nitrogens with one attached hydrogen (secondary N) is 1. The minimum atomic E-state index is -0.705. The van der Waals surface area contributed by atoms with Crippen LogP contribution in [0.2, 0.25) is 10.0 Å². The average Bonchev–Trinajstić information content (AvgIpc) is 2.32. The predicted molar refractivity (Wildman–Crippen MR) is 69.8 cm³/mol. The quantitative estimate of drug-likeness (QED) is 0.865. The zero-order valence-corrected chi connectivity index (χ0v) is 11.5. The van der Waals surface area contributed by atoms with Gasteiger partial charge >= 0.3 is 5.97 Å². The molecule has 0 aromatic heterocycles. The van der Waals surface area contributed by atoms with Crippen LogP contribution in [0, 0.1) is 0 Å². The van der Waals surface area contributed by atoms with Crippen molar-refractivity contribution in [1.29, 1.82) is 0 Å². The van der Waals surface area contributed by atoms with Crippen LogP contribution in [-0.4, -0.2) is 25.0 Å². The van der Waals surface area contributed by atoms with Crippen LogP contribution in [0.5, 0.6) is 0 Å². The Kier molecular flexibility index (Phi) is 5.44. The SMILES string of the molecule is COC(=O)C(C)NC(=O)Cc1c(Cl)cccc1Cl. The normalized spacial score (nSPS) is 11.8. The Morgan fingerprint density at radius 2 is 1.89 bits per heavy atom. The third-order valence-electron chi connectivity index (χ3n) is 2.33. The van der Waals surface area contributed by atoms with Crippen molar-refractivity contribution < 1.29 is 14.3 Å². The molecule has 0 aliphatic rings. The van der Waals surface area contributed by atoms with Crippen LogP contribution in [0.3, 0.4) is 0 Å².